The average Bonchev–Trinajstić information content (AvgIpc) is 2.30. The summed E-state index contributed by atoms with van der Waals surface area (Å²) < 4.78 is 26.8. The second-order valence-electron chi connectivity index (χ2n) is 5.01. The topological polar surface area (TPSA) is 66.6 Å². The number of sulfonamides is 1. The van der Waals surface area contributed by atoms with Crippen LogP contribution >= 0.6 is 23.2 Å². The van der Waals surface area contributed by atoms with Gasteiger partial charge in [-0.1, -0.05) is 23.2 Å². The standard InChI is InChI=1S/C12H17Cl2N3O2S/c1-8-7-17(4-3-16(8)2)20(18,19)12-10(13)5-9(15)6-11(12)14/h5-6,8H,3-4,7,15H2,1-2H3. The minimum absolute atomic E-state index is 0.0570. The monoisotopic (exact) mass is 337 g/mol. The lowest BCUT2D eigenvalue weighted by molar-refractivity contribution is 0.159. The number of nitrogens with zero attached hydrogens (tertiary/aromatic N) is 2. The van der Waals surface area contributed by atoms with Crippen molar-refractivity contribution < 1.29 is 8.42 Å². The van der Waals surface area contributed by atoms with Crippen LogP contribution in [-0.2, 0) is 10.0 Å². The first kappa shape index (κ1) is 15.9. The number of hydrogen-bond donors (Lipinski definition) is 1. The van der Waals surface area contributed by atoms with Gasteiger partial charge in [-0.2, -0.15) is 4.31 Å². The molecule has 5 nitrogen and oxygen atoms in total. The van der Waals surface area contributed by atoms with Crippen molar-refractivity contribution in [2.24, 2.45) is 0 Å². The van der Waals surface area contributed by atoms with E-state index < -0.39 is 10.0 Å². The molecule has 0 radical (unpaired) electrons. The lowest BCUT2D eigenvalue weighted by Crippen LogP contribution is -2.51. The normalized spacial score (nSPS) is 22.1. The minimum Gasteiger partial charge on any atom is -0.399 e. The summed E-state index contributed by atoms with van der Waals surface area (Å²) in [5.41, 5.74) is 5.94. The zero-order chi connectivity index (χ0) is 15.1. The molecule has 1 aromatic rings. The van der Waals surface area contributed by atoms with Crippen molar-refractivity contribution in [3.8, 4) is 0 Å². The lowest BCUT2D eigenvalue weighted by atomic mass is 10.2. The number of nitrogen functional groups attached to an aromatic ring is 1. The van der Waals surface area contributed by atoms with E-state index in [-0.39, 0.29) is 21.0 Å². The van der Waals surface area contributed by atoms with Crippen LogP contribution in [0.2, 0.25) is 10.0 Å². The van der Waals surface area contributed by atoms with Crippen LogP contribution in [0.5, 0.6) is 0 Å². The molecule has 8 heteroatoms. The molecule has 2 rings (SSSR count). The summed E-state index contributed by atoms with van der Waals surface area (Å²) in [7, 11) is -1.74. The Kier molecular flexibility index (Phi) is 4.51. The van der Waals surface area contributed by atoms with Gasteiger partial charge in [0.1, 0.15) is 4.90 Å². The van der Waals surface area contributed by atoms with Gasteiger partial charge in [0, 0.05) is 31.4 Å². The smallest absolute Gasteiger partial charge is 0.246 e. The Morgan fingerprint density at radius 3 is 2.30 bits per heavy atom. The lowest BCUT2D eigenvalue weighted by Gasteiger charge is -2.37. The summed E-state index contributed by atoms with van der Waals surface area (Å²) >= 11 is 12.0. The zero-order valence-corrected chi connectivity index (χ0v) is 13.6. The van der Waals surface area contributed by atoms with Crippen molar-refractivity contribution in [2.75, 3.05) is 32.4 Å². The number of anilines is 1. The van der Waals surface area contributed by atoms with Crippen molar-refractivity contribution >= 4 is 38.9 Å². The van der Waals surface area contributed by atoms with Gasteiger partial charge in [0.25, 0.3) is 0 Å². The van der Waals surface area contributed by atoms with Crippen LogP contribution in [0.1, 0.15) is 6.92 Å². The second kappa shape index (κ2) is 5.69. The van der Waals surface area contributed by atoms with Gasteiger partial charge in [-0.25, -0.2) is 8.42 Å². The Morgan fingerprint density at radius 2 is 1.80 bits per heavy atom. The summed E-state index contributed by atoms with van der Waals surface area (Å²) in [6.45, 7) is 3.48. The third kappa shape index (κ3) is 2.89. The van der Waals surface area contributed by atoms with E-state index in [9.17, 15) is 8.42 Å². The van der Waals surface area contributed by atoms with Gasteiger partial charge in [0.15, 0.2) is 0 Å². The maximum absolute atomic E-state index is 12.7. The van der Waals surface area contributed by atoms with E-state index in [4.69, 9.17) is 28.9 Å². The maximum atomic E-state index is 12.7. The highest BCUT2D eigenvalue weighted by molar-refractivity contribution is 7.89. The molecule has 0 amide bonds. The molecule has 112 valence electrons. The van der Waals surface area contributed by atoms with Gasteiger partial charge >= 0.3 is 0 Å². The van der Waals surface area contributed by atoms with Crippen LogP contribution in [0.15, 0.2) is 17.0 Å². The van der Waals surface area contributed by atoms with E-state index in [1.165, 1.54) is 16.4 Å². The van der Waals surface area contributed by atoms with Gasteiger partial charge in [-0.05, 0) is 26.1 Å². The molecule has 1 aliphatic rings. The van der Waals surface area contributed by atoms with Crippen molar-refractivity contribution in [3.05, 3.63) is 22.2 Å². The summed E-state index contributed by atoms with van der Waals surface area (Å²) in [5, 5.41) is 0.114. The second-order valence-corrected chi connectivity index (χ2v) is 7.70. The molecule has 2 N–H and O–H groups in total. The largest absolute Gasteiger partial charge is 0.399 e. The molecule has 1 atom stereocenters. The summed E-state index contributed by atoms with van der Waals surface area (Å²) in [4.78, 5) is 2.05. The first-order valence-electron chi connectivity index (χ1n) is 6.18. The molecule has 0 aliphatic carbocycles. The van der Waals surface area contributed by atoms with Gasteiger partial charge in [0.05, 0.1) is 10.0 Å². The Balaban J connectivity index is 2.41. The molecule has 1 unspecified atom stereocenters. The molecular formula is C12H17Cl2N3O2S. The molecule has 0 spiro atoms. The van der Waals surface area contributed by atoms with Gasteiger partial charge in [0.2, 0.25) is 10.0 Å². The number of nitrogens with two attached hydrogens (primary N) is 1. The number of halogens is 2. The van der Waals surface area contributed by atoms with Crippen LogP contribution < -0.4 is 5.73 Å². The van der Waals surface area contributed by atoms with Crippen molar-refractivity contribution in [1.29, 1.82) is 0 Å². The fourth-order valence-corrected chi connectivity index (χ4v) is 4.88. The number of benzene rings is 1. The van der Waals surface area contributed by atoms with Crippen LogP contribution in [0.25, 0.3) is 0 Å². The highest BCUT2D eigenvalue weighted by Gasteiger charge is 2.33. The first-order chi connectivity index (χ1) is 9.23. The molecule has 20 heavy (non-hydrogen) atoms. The zero-order valence-electron chi connectivity index (χ0n) is 11.3. The molecule has 1 fully saturated rings. The predicted octanol–water partition coefficient (Wildman–Crippen LogP) is 1.90. The van der Waals surface area contributed by atoms with Crippen molar-refractivity contribution in [2.45, 2.75) is 17.9 Å². The van der Waals surface area contributed by atoms with E-state index in [1.807, 2.05) is 14.0 Å². The number of hydrogen-bond acceptors (Lipinski definition) is 4. The highest BCUT2D eigenvalue weighted by Crippen LogP contribution is 2.34. The molecule has 0 saturated carbocycles. The van der Waals surface area contributed by atoms with Crippen LogP contribution in [-0.4, -0.2) is 50.3 Å². The summed E-state index contributed by atoms with van der Waals surface area (Å²) in [5.74, 6) is 0. The van der Waals surface area contributed by atoms with Crippen molar-refractivity contribution in [3.63, 3.8) is 0 Å². The number of piperazine rings is 1. The van der Waals surface area contributed by atoms with Gasteiger partial charge in [-0.15, -0.1) is 0 Å². The molecule has 1 aromatic carbocycles. The molecule has 1 aliphatic heterocycles. The van der Waals surface area contributed by atoms with E-state index in [2.05, 4.69) is 4.90 Å². The Labute approximate surface area is 129 Å². The summed E-state index contributed by atoms with van der Waals surface area (Å²) in [6.07, 6.45) is 0. The molecular weight excluding hydrogens is 321 g/mol. The number of rotatable bonds is 2. The molecule has 0 aromatic heterocycles. The average molecular weight is 338 g/mol. The van der Waals surface area contributed by atoms with E-state index >= 15 is 0 Å². The van der Waals surface area contributed by atoms with Crippen LogP contribution in [0, 0.1) is 0 Å². The first-order valence-corrected chi connectivity index (χ1v) is 8.38. The predicted molar refractivity (Wildman–Crippen MR) is 81.7 cm³/mol. The van der Waals surface area contributed by atoms with E-state index in [1.54, 1.807) is 0 Å². The van der Waals surface area contributed by atoms with E-state index in [0.29, 0.717) is 25.3 Å². The Morgan fingerprint density at radius 1 is 1.25 bits per heavy atom. The minimum atomic E-state index is -3.71. The fourth-order valence-electron chi connectivity index (χ4n) is 2.19. The third-order valence-electron chi connectivity index (χ3n) is 3.54. The number of likely N-dealkylation sites (N-methyl/N-ethyl adjacent to an activating group) is 1. The SMILES string of the molecule is CC1CN(S(=O)(=O)c2c(Cl)cc(N)cc2Cl)CCN1C. The maximum Gasteiger partial charge on any atom is 0.246 e. The van der Waals surface area contributed by atoms with E-state index in [0.717, 1.165) is 0 Å². The van der Waals surface area contributed by atoms with Gasteiger partial charge < -0.3 is 10.6 Å². The van der Waals surface area contributed by atoms with Gasteiger partial charge in [-0.3, -0.25) is 0 Å². The molecule has 1 heterocycles. The Hall–Kier alpha value is -0.530. The fraction of sp³-hybridized carbons (Fsp3) is 0.500. The van der Waals surface area contributed by atoms with Crippen molar-refractivity contribution in [1.82, 2.24) is 9.21 Å². The third-order valence-corrected chi connectivity index (χ3v) is 6.33. The molecule has 1 saturated heterocycles. The highest BCUT2D eigenvalue weighted by atomic mass is 35.5. The Bertz CT molecular complexity index is 598. The summed E-state index contributed by atoms with van der Waals surface area (Å²) in [6, 6.07) is 2.95. The van der Waals surface area contributed by atoms with Crippen LogP contribution in [0.3, 0.4) is 0 Å². The molecule has 0 bridgehead atoms. The quantitative estimate of drug-likeness (QED) is 0.837. The van der Waals surface area contributed by atoms with Crippen LogP contribution in [0.4, 0.5) is 5.69 Å².